The van der Waals surface area contributed by atoms with Gasteiger partial charge in [0.15, 0.2) is 0 Å². The van der Waals surface area contributed by atoms with Crippen LogP contribution in [0.2, 0.25) is 0 Å². The Kier molecular flexibility index (Phi) is 8.59. The molecule has 0 saturated carbocycles. The molecule has 2 aromatic rings. The standard InChI is InChI=1S/C21H20N4O6/c26-18(24-22-12-14-6-1-3-8-16(14)20(28)29)10-5-11-19(27)25-23-13-15-7-2-4-9-17(15)21(30)31/h1-4,6-9,12-13H,5,10-11H2,(H,24,26)(H,25,27)(H,28,29)(H,30,31)/b22-12-,23-13?. The molecule has 0 aliphatic heterocycles. The van der Waals surface area contributed by atoms with Crippen molar-refractivity contribution in [3.63, 3.8) is 0 Å². The summed E-state index contributed by atoms with van der Waals surface area (Å²) in [6, 6.07) is 12.4. The molecule has 31 heavy (non-hydrogen) atoms. The number of carboxylic acids is 2. The van der Waals surface area contributed by atoms with Crippen molar-refractivity contribution in [3.05, 3.63) is 70.8 Å². The molecule has 0 atom stereocenters. The molecule has 4 N–H and O–H groups in total. The summed E-state index contributed by atoms with van der Waals surface area (Å²) < 4.78 is 0. The van der Waals surface area contributed by atoms with E-state index < -0.39 is 23.8 Å². The number of benzene rings is 2. The van der Waals surface area contributed by atoms with Crippen LogP contribution in [0, 0.1) is 0 Å². The smallest absolute Gasteiger partial charge is 0.336 e. The van der Waals surface area contributed by atoms with Gasteiger partial charge in [-0.2, -0.15) is 10.2 Å². The second-order valence-electron chi connectivity index (χ2n) is 6.22. The minimum absolute atomic E-state index is 0.0247. The van der Waals surface area contributed by atoms with Crippen molar-refractivity contribution in [2.75, 3.05) is 0 Å². The molecule has 10 nitrogen and oxygen atoms in total. The lowest BCUT2D eigenvalue weighted by Crippen LogP contribution is -2.20. The lowest BCUT2D eigenvalue weighted by molar-refractivity contribution is -0.122. The van der Waals surface area contributed by atoms with Crippen molar-refractivity contribution >= 4 is 36.2 Å². The predicted molar refractivity (Wildman–Crippen MR) is 112 cm³/mol. The third-order valence-electron chi connectivity index (χ3n) is 3.98. The van der Waals surface area contributed by atoms with Gasteiger partial charge in [0, 0.05) is 24.0 Å². The van der Waals surface area contributed by atoms with Crippen LogP contribution in [0.3, 0.4) is 0 Å². The van der Waals surface area contributed by atoms with Gasteiger partial charge in [0.25, 0.3) is 0 Å². The third-order valence-corrected chi connectivity index (χ3v) is 3.98. The van der Waals surface area contributed by atoms with Gasteiger partial charge >= 0.3 is 11.9 Å². The Labute approximate surface area is 177 Å². The van der Waals surface area contributed by atoms with Gasteiger partial charge < -0.3 is 10.2 Å². The highest BCUT2D eigenvalue weighted by Gasteiger charge is 2.08. The van der Waals surface area contributed by atoms with Crippen LogP contribution in [-0.2, 0) is 9.59 Å². The molecule has 10 heteroatoms. The van der Waals surface area contributed by atoms with E-state index in [9.17, 15) is 19.2 Å². The van der Waals surface area contributed by atoms with Gasteiger partial charge in [-0.25, -0.2) is 20.4 Å². The number of hydrogen-bond acceptors (Lipinski definition) is 6. The number of amides is 2. The lowest BCUT2D eigenvalue weighted by atomic mass is 10.1. The summed E-state index contributed by atoms with van der Waals surface area (Å²) in [6.07, 6.45) is 2.75. The number of aromatic carboxylic acids is 2. The molecular formula is C21H20N4O6. The number of hydrazone groups is 2. The SMILES string of the molecule is O=C(CCCC(=O)N/N=C\c1ccccc1C(=O)O)NN=Cc1ccccc1C(=O)O. The average molecular weight is 424 g/mol. The Morgan fingerprint density at radius 1 is 0.710 bits per heavy atom. The van der Waals surface area contributed by atoms with Crippen LogP contribution in [0.15, 0.2) is 58.7 Å². The first kappa shape index (κ1) is 22.9. The Hall–Kier alpha value is -4.34. The largest absolute Gasteiger partial charge is 0.478 e. The van der Waals surface area contributed by atoms with Gasteiger partial charge in [0.05, 0.1) is 23.6 Å². The molecule has 0 fully saturated rings. The molecule has 0 aromatic heterocycles. The minimum Gasteiger partial charge on any atom is -0.478 e. The summed E-state index contributed by atoms with van der Waals surface area (Å²) in [4.78, 5) is 45.8. The van der Waals surface area contributed by atoms with Crippen molar-refractivity contribution in [1.82, 2.24) is 10.9 Å². The number of carbonyl (C=O) groups is 4. The summed E-state index contributed by atoms with van der Waals surface area (Å²) in [5.74, 6) is -3.08. The summed E-state index contributed by atoms with van der Waals surface area (Å²) in [7, 11) is 0. The number of hydrogen-bond donors (Lipinski definition) is 4. The third kappa shape index (κ3) is 7.54. The number of nitrogens with zero attached hydrogens (tertiary/aromatic N) is 2. The molecule has 0 heterocycles. The molecule has 0 aliphatic carbocycles. The van der Waals surface area contributed by atoms with E-state index in [1.54, 1.807) is 36.4 Å². The van der Waals surface area contributed by atoms with Crippen molar-refractivity contribution in [2.24, 2.45) is 10.2 Å². The van der Waals surface area contributed by atoms with Crippen LogP contribution < -0.4 is 10.9 Å². The number of carboxylic acid groups (broad SMARTS) is 2. The summed E-state index contributed by atoms with van der Waals surface area (Å²) >= 11 is 0. The molecule has 0 radical (unpaired) electrons. The first-order valence-corrected chi connectivity index (χ1v) is 9.17. The highest BCUT2D eigenvalue weighted by molar-refractivity contribution is 5.99. The summed E-state index contributed by atoms with van der Waals surface area (Å²) in [6.45, 7) is 0. The summed E-state index contributed by atoms with van der Waals surface area (Å²) in [5.41, 5.74) is 5.35. The number of rotatable bonds is 10. The molecule has 2 aromatic carbocycles. The minimum atomic E-state index is -1.10. The molecule has 2 rings (SSSR count). The van der Waals surface area contributed by atoms with Gasteiger partial charge in [-0.1, -0.05) is 36.4 Å². The molecule has 0 aliphatic rings. The normalized spacial score (nSPS) is 10.8. The van der Waals surface area contributed by atoms with E-state index in [0.29, 0.717) is 11.1 Å². The van der Waals surface area contributed by atoms with E-state index >= 15 is 0 Å². The Morgan fingerprint density at radius 2 is 1.10 bits per heavy atom. The quantitative estimate of drug-likeness (QED) is 0.337. The highest BCUT2D eigenvalue weighted by Crippen LogP contribution is 2.07. The van der Waals surface area contributed by atoms with Crippen LogP contribution in [0.4, 0.5) is 0 Å². The molecule has 0 unspecified atom stereocenters. The van der Waals surface area contributed by atoms with Crippen LogP contribution in [0.5, 0.6) is 0 Å². The second kappa shape index (κ2) is 11.6. The fraction of sp³-hybridized carbons (Fsp3) is 0.143. The fourth-order valence-electron chi connectivity index (χ4n) is 2.48. The molecule has 0 saturated heterocycles. The zero-order chi connectivity index (χ0) is 22.6. The molecular weight excluding hydrogens is 404 g/mol. The Balaban J connectivity index is 1.73. The summed E-state index contributed by atoms with van der Waals surface area (Å²) in [5, 5.41) is 25.6. The van der Waals surface area contributed by atoms with E-state index in [-0.39, 0.29) is 30.4 Å². The first-order chi connectivity index (χ1) is 14.9. The van der Waals surface area contributed by atoms with E-state index in [1.165, 1.54) is 24.6 Å². The van der Waals surface area contributed by atoms with E-state index in [2.05, 4.69) is 21.1 Å². The van der Waals surface area contributed by atoms with E-state index in [1.807, 2.05) is 0 Å². The van der Waals surface area contributed by atoms with Crippen LogP contribution in [0.25, 0.3) is 0 Å². The Bertz CT molecular complexity index is 951. The van der Waals surface area contributed by atoms with Crippen molar-refractivity contribution in [1.29, 1.82) is 0 Å². The lowest BCUT2D eigenvalue weighted by Gasteiger charge is -2.02. The first-order valence-electron chi connectivity index (χ1n) is 9.17. The van der Waals surface area contributed by atoms with Gasteiger partial charge in [0.1, 0.15) is 0 Å². The van der Waals surface area contributed by atoms with Gasteiger partial charge in [0.2, 0.25) is 11.8 Å². The monoisotopic (exact) mass is 424 g/mol. The van der Waals surface area contributed by atoms with Crippen LogP contribution in [-0.4, -0.2) is 46.4 Å². The van der Waals surface area contributed by atoms with Crippen LogP contribution >= 0.6 is 0 Å². The topological polar surface area (TPSA) is 158 Å². The second-order valence-corrected chi connectivity index (χ2v) is 6.22. The highest BCUT2D eigenvalue weighted by atomic mass is 16.4. The predicted octanol–water partition coefficient (Wildman–Crippen LogP) is 1.85. The maximum absolute atomic E-state index is 11.8. The van der Waals surface area contributed by atoms with Crippen molar-refractivity contribution < 1.29 is 29.4 Å². The number of carbonyl (C=O) groups excluding carboxylic acids is 2. The zero-order valence-corrected chi connectivity index (χ0v) is 16.3. The van der Waals surface area contributed by atoms with Gasteiger partial charge in [-0.05, 0) is 18.6 Å². The average Bonchev–Trinajstić information content (AvgIpc) is 2.74. The Morgan fingerprint density at radius 3 is 1.48 bits per heavy atom. The van der Waals surface area contributed by atoms with Crippen molar-refractivity contribution in [3.8, 4) is 0 Å². The van der Waals surface area contributed by atoms with Crippen LogP contribution in [0.1, 0.15) is 51.1 Å². The maximum atomic E-state index is 11.8. The van der Waals surface area contributed by atoms with Gasteiger partial charge in [-0.3, -0.25) is 9.59 Å². The molecule has 2 amide bonds. The van der Waals surface area contributed by atoms with Gasteiger partial charge in [-0.15, -0.1) is 0 Å². The maximum Gasteiger partial charge on any atom is 0.336 e. The zero-order valence-electron chi connectivity index (χ0n) is 16.3. The van der Waals surface area contributed by atoms with E-state index in [4.69, 9.17) is 10.2 Å². The molecule has 0 bridgehead atoms. The molecule has 0 spiro atoms. The molecule has 160 valence electrons. The van der Waals surface area contributed by atoms with E-state index in [0.717, 1.165) is 0 Å². The fourth-order valence-corrected chi connectivity index (χ4v) is 2.48. The number of nitrogens with one attached hydrogen (secondary N) is 2. The van der Waals surface area contributed by atoms with Crippen molar-refractivity contribution in [2.45, 2.75) is 19.3 Å².